The van der Waals surface area contributed by atoms with E-state index in [1.54, 1.807) is 28.1 Å². The summed E-state index contributed by atoms with van der Waals surface area (Å²) in [5.74, 6) is 2.10. The lowest BCUT2D eigenvalue weighted by Crippen LogP contribution is -2.17. The molecule has 1 aliphatic rings. The molecule has 4 heterocycles. The molecular formula is C21H21N5O2S2. The zero-order valence-electron chi connectivity index (χ0n) is 16.6. The largest absolute Gasteiger partial charge is 0.469 e. The molecule has 0 saturated heterocycles. The van der Waals surface area contributed by atoms with Gasteiger partial charge in [0, 0.05) is 28.9 Å². The van der Waals surface area contributed by atoms with Crippen LogP contribution in [-0.2, 0) is 25.1 Å². The van der Waals surface area contributed by atoms with E-state index in [1.165, 1.54) is 23.1 Å². The molecule has 0 amide bonds. The van der Waals surface area contributed by atoms with E-state index < -0.39 is 0 Å². The summed E-state index contributed by atoms with van der Waals surface area (Å²) in [6.45, 7) is 6.34. The summed E-state index contributed by atoms with van der Waals surface area (Å²) < 4.78 is 9.22. The number of aryl methyl sites for hydroxylation is 3. The fraction of sp³-hybridized carbons (Fsp3) is 0.333. The molecule has 9 heteroatoms. The third kappa shape index (κ3) is 3.31. The first-order valence-corrected chi connectivity index (χ1v) is 11.7. The Morgan fingerprint density at radius 3 is 3.00 bits per heavy atom. The summed E-state index contributed by atoms with van der Waals surface area (Å²) in [6, 6.07) is 3.54. The highest BCUT2D eigenvalue weighted by atomic mass is 32.2. The second-order valence-electron chi connectivity index (χ2n) is 7.27. The second-order valence-corrected chi connectivity index (χ2v) is 9.27. The monoisotopic (exact) mass is 439 g/mol. The summed E-state index contributed by atoms with van der Waals surface area (Å²) in [6.07, 6.45) is 7.81. The van der Waals surface area contributed by atoms with Gasteiger partial charge in [-0.15, -0.1) is 28.1 Å². The number of thioether (sulfide) groups is 1. The molecule has 0 radical (unpaired) electrons. The molecule has 0 bridgehead atoms. The Hall–Kier alpha value is -2.65. The van der Waals surface area contributed by atoms with Crippen LogP contribution in [0.4, 0.5) is 0 Å². The summed E-state index contributed by atoms with van der Waals surface area (Å²) in [5, 5.41) is 9.49. The fourth-order valence-electron chi connectivity index (χ4n) is 3.86. The molecule has 0 aromatic carbocycles. The van der Waals surface area contributed by atoms with Crippen molar-refractivity contribution >= 4 is 28.1 Å². The Bertz CT molecular complexity index is 1300. The van der Waals surface area contributed by atoms with Crippen LogP contribution >= 0.6 is 23.1 Å². The Morgan fingerprint density at radius 1 is 1.33 bits per heavy atom. The Balaban J connectivity index is 1.44. The van der Waals surface area contributed by atoms with Crippen LogP contribution < -0.4 is 5.56 Å². The molecule has 0 atom stereocenters. The van der Waals surface area contributed by atoms with E-state index in [4.69, 9.17) is 9.40 Å². The van der Waals surface area contributed by atoms with E-state index in [0.717, 1.165) is 57.9 Å². The maximum absolute atomic E-state index is 12.8. The van der Waals surface area contributed by atoms with Gasteiger partial charge >= 0.3 is 0 Å². The highest BCUT2D eigenvalue weighted by molar-refractivity contribution is 7.98. The fourth-order valence-corrected chi connectivity index (χ4v) is 5.93. The molecule has 154 valence electrons. The molecule has 0 fully saturated rings. The van der Waals surface area contributed by atoms with Crippen molar-refractivity contribution in [3.63, 3.8) is 0 Å². The van der Waals surface area contributed by atoms with Crippen molar-refractivity contribution in [2.75, 3.05) is 0 Å². The summed E-state index contributed by atoms with van der Waals surface area (Å²) in [4.78, 5) is 19.6. The van der Waals surface area contributed by atoms with E-state index >= 15 is 0 Å². The van der Waals surface area contributed by atoms with Crippen LogP contribution in [0.3, 0.4) is 0 Å². The number of furan rings is 1. The Kier molecular flexibility index (Phi) is 5.08. The van der Waals surface area contributed by atoms with Gasteiger partial charge in [-0.25, -0.2) is 4.98 Å². The molecule has 4 aromatic heterocycles. The van der Waals surface area contributed by atoms with Gasteiger partial charge < -0.3 is 4.42 Å². The van der Waals surface area contributed by atoms with E-state index in [2.05, 4.69) is 16.8 Å². The van der Waals surface area contributed by atoms with E-state index in [-0.39, 0.29) is 5.56 Å². The minimum absolute atomic E-state index is 0.0114. The first-order valence-electron chi connectivity index (χ1n) is 9.90. The van der Waals surface area contributed by atoms with Crippen molar-refractivity contribution in [3.8, 4) is 11.4 Å². The molecule has 0 saturated carbocycles. The van der Waals surface area contributed by atoms with Gasteiger partial charge in [-0.3, -0.25) is 13.8 Å². The first kappa shape index (κ1) is 19.3. The normalized spacial score (nSPS) is 13.6. The molecular weight excluding hydrogens is 418 g/mol. The van der Waals surface area contributed by atoms with Gasteiger partial charge in [0.25, 0.3) is 5.56 Å². The standard InChI is InChI=1S/C21H21N5O2S2/c1-3-9-25-19(15-8-10-28-13(15)2)23-24-21(25)29-12-14-11-18(27)26-16-6-4-5-7-17(16)30-20(26)22-14/h3,8,10-11H,1,4-7,9,12H2,2H3. The topological polar surface area (TPSA) is 78.2 Å². The maximum atomic E-state index is 12.8. The van der Waals surface area contributed by atoms with Crippen molar-refractivity contribution in [2.45, 2.75) is 50.1 Å². The summed E-state index contributed by atoms with van der Waals surface area (Å²) in [5.41, 5.74) is 2.84. The average molecular weight is 440 g/mol. The molecule has 4 aromatic rings. The molecule has 0 unspecified atom stereocenters. The number of hydrogen-bond donors (Lipinski definition) is 0. The molecule has 0 N–H and O–H groups in total. The lowest BCUT2D eigenvalue weighted by molar-refractivity contribution is 0.534. The van der Waals surface area contributed by atoms with Gasteiger partial charge in [-0.1, -0.05) is 17.8 Å². The van der Waals surface area contributed by atoms with Crippen LogP contribution in [-0.4, -0.2) is 24.1 Å². The van der Waals surface area contributed by atoms with Gasteiger partial charge in [0.2, 0.25) is 0 Å². The minimum atomic E-state index is 0.0114. The Morgan fingerprint density at radius 2 is 2.20 bits per heavy atom. The van der Waals surface area contributed by atoms with Crippen LogP contribution in [0.2, 0.25) is 0 Å². The smallest absolute Gasteiger partial charge is 0.259 e. The van der Waals surface area contributed by atoms with E-state index in [1.807, 2.05) is 23.6 Å². The number of hydrogen-bond acceptors (Lipinski definition) is 7. The molecule has 0 spiro atoms. The predicted octanol–water partition coefficient (Wildman–Crippen LogP) is 4.27. The number of aromatic nitrogens is 5. The maximum Gasteiger partial charge on any atom is 0.259 e. The van der Waals surface area contributed by atoms with Crippen molar-refractivity contribution in [2.24, 2.45) is 0 Å². The third-order valence-electron chi connectivity index (χ3n) is 5.29. The Labute approximate surface area is 181 Å². The lowest BCUT2D eigenvalue weighted by atomic mass is 10.0. The zero-order chi connectivity index (χ0) is 20.7. The lowest BCUT2D eigenvalue weighted by Gasteiger charge is -2.10. The average Bonchev–Trinajstić information content (AvgIpc) is 3.43. The van der Waals surface area contributed by atoms with Gasteiger partial charge in [0.1, 0.15) is 5.76 Å². The number of thiazole rings is 1. The highest BCUT2D eigenvalue weighted by Gasteiger charge is 2.20. The van der Waals surface area contributed by atoms with Crippen molar-refractivity contribution in [3.05, 3.63) is 63.4 Å². The van der Waals surface area contributed by atoms with E-state index in [9.17, 15) is 4.79 Å². The molecule has 0 aliphatic heterocycles. The van der Waals surface area contributed by atoms with E-state index in [0.29, 0.717) is 12.3 Å². The number of nitrogens with zero attached hydrogens (tertiary/aromatic N) is 5. The zero-order valence-corrected chi connectivity index (χ0v) is 18.3. The van der Waals surface area contributed by atoms with Crippen LogP contribution in [0, 0.1) is 6.92 Å². The van der Waals surface area contributed by atoms with Gasteiger partial charge in [-0.2, -0.15) is 0 Å². The second kappa shape index (κ2) is 7.88. The number of allylic oxidation sites excluding steroid dienone is 1. The van der Waals surface area contributed by atoms with Gasteiger partial charge in [0.05, 0.1) is 17.5 Å². The SMILES string of the molecule is C=CCn1c(SCc2cc(=O)n3c4c(sc3n2)CCCC4)nnc1-c1ccoc1C. The van der Waals surface area contributed by atoms with Gasteiger partial charge in [0.15, 0.2) is 15.9 Å². The minimum Gasteiger partial charge on any atom is -0.469 e. The quantitative estimate of drug-likeness (QED) is 0.330. The van der Waals surface area contributed by atoms with Crippen molar-refractivity contribution < 1.29 is 4.42 Å². The number of rotatable bonds is 6. The first-order chi connectivity index (χ1) is 14.7. The molecule has 7 nitrogen and oxygen atoms in total. The molecule has 30 heavy (non-hydrogen) atoms. The van der Waals surface area contributed by atoms with Crippen LogP contribution in [0.15, 0.2) is 45.4 Å². The predicted molar refractivity (Wildman–Crippen MR) is 118 cm³/mol. The van der Waals surface area contributed by atoms with Crippen molar-refractivity contribution in [1.29, 1.82) is 0 Å². The van der Waals surface area contributed by atoms with Crippen LogP contribution in [0.25, 0.3) is 16.3 Å². The number of fused-ring (bicyclic) bond motifs is 3. The summed E-state index contributed by atoms with van der Waals surface area (Å²) >= 11 is 3.17. The molecule has 1 aliphatic carbocycles. The highest BCUT2D eigenvalue weighted by Crippen LogP contribution is 2.30. The third-order valence-corrected chi connectivity index (χ3v) is 7.44. The molecule has 5 rings (SSSR count). The van der Waals surface area contributed by atoms with Crippen molar-refractivity contribution in [1.82, 2.24) is 24.1 Å². The summed E-state index contributed by atoms with van der Waals surface area (Å²) in [7, 11) is 0. The van der Waals surface area contributed by atoms with Crippen LogP contribution in [0.5, 0.6) is 0 Å². The van der Waals surface area contributed by atoms with Crippen LogP contribution in [0.1, 0.15) is 34.9 Å². The van der Waals surface area contributed by atoms with Gasteiger partial charge in [-0.05, 0) is 38.7 Å².